The fraction of sp³-hybridized carbons (Fsp3) is 0.375. The number of para-hydroxylation sites is 1. The smallest absolute Gasteiger partial charge is 0.259 e. The van der Waals surface area contributed by atoms with E-state index < -0.39 is 24.0 Å². The van der Waals surface area contributed by atoms with Crippen molar-refractivity contribution < 1.29 is 19.4 Å². The largest absolute Gasteiger partial charge is 0.384 e. The van der Waals surface area contributed by atoms with E-state index in [1.54, 1.807) is 30.0 Å². The fourth-order valence-electron chi connectivity index (χ4n) is 3.73. The minimum Gasteiger partial charge on any atom is -0.384 e. The van der Waals surface area contributed by atoms with Gasteiger partial charge in [-0.2, -0.15) is 0 Å². The summed E-state index contributed by atoms with van der Waals surface area (Å²) in [5, 5.41) is 20.8. The van der Waals surface area contributed by atoms with Gasteiger partial charge in [-0.25, -0.2) is 0 Å². The third-order valence-corrected chi connectivity index (χ3v) is 5.48. The van der Waals surface area contributed by atoms with E-state index >= 15 is 0 Å². The van der Waals surface area contributed by atoms with Crippen LogP contribution in [0.1, 0.15) is 37.5 Å². The van der Waals surface area contributed by atoms with Gasteiger partial charge in [-0.3, -0.25) is 15.0 Å². The summed E-state index contributed by atoms with van der Waals surface area (Å²) < 4.78 is 5.52. The molecule has 8 nitrogen and oxygen atoms in total. The molecule has 1 saturated heterocycles. The maximum atomic E-state index is 13.2. The molecule has 5 N–H and O–H groups in total. The van der Waals surface area contributed by atoms with E-state index in [0.29, 0.717) is 23.4 Å². The van der Waals surface area contributed by atoms with Gasteiger partial charge in [-0.05, 0) is 47.7 Å². The fourth-order valence-corrected chi connectivity index (χ4v) is 3.73. The van der Waals surface area contributed by atoms with Gasteiger partial charge < -0.3 is 25.8 Å². The third kappa shape index (κ3) is 4.81. The molecule has 1 fully saturated rings. The van der Waals surface area contributed by atoms with E-state index in [9.17, 15) is 14.7 Å². The number of nitrogen functional groups attached to an aromatic ring is 1. The second-order valence-corrected chi connectivity index (χ2v) is 8.93. The summed E-state index contributed by atoms with van der Waals surface area (Å²) in [5.74, 6) is -1.28. The molecule has 0 radical (unpaired) electrons. The Morgan fingerprint density at radius 3 is 2.59 bits per heavy atom. The molecule has 0 aliphatic carbocycles. The molecule has 2 atom stereocenters. The monoisotopic (exact) mass is 438 g/mol. The summed E-state index contributed by atoms with van der Waals surface area (Å²) in [6.07, 6.45) is -2.99. The van der Waals surface area contributed by atoms with Crippen LogP contribution in [0.2, 0.25) is 0 Å². The van der Waals surface area contributed by atoms with Crippen LogP contribution in [0.4, 0.5) is 11.4 Å². The molecule has 2 aromatic rings. The number of hydrogen-bond donors (Lipinski definition) is 4. The molecular weight excluding hydrogens is 408 g/mol. The van der Waals surface area contributed by atoms with Crippen molar-refractivity contribution in [3.63, 3.8) is 0 Å². The number of amidine groups is 1. The van der Waals surface area contributed by atoms with Crippen molar-refractivity contribution in [1.29, 1.82) is 5.41 Å². The Morgan fingerprint density at radius 2 is 1.97 bits per heavy atom. The highest BCUT2D eigenvalue weighted by molar-refractivity contribution is 6.04. The summed E-state index contributed by atoms with van der Waals surface area (Å²) >= 11 is 0. The Kier molecular flexibility index (Phi) is 6.66. The number of aliphatic hydroxyl groups is 1. The number of carbonyl (C=O) groups excluding carboxylic acids is 2. The lowest BCUT2D eigenvalue weighted by Crippen LogP contribution is -2.55. The number of nitrogens with one attached hydrogen (secondary N) is 2. The van der Waals surface area contributed by atoms with E-state index in [1.165, 1.54) is 0 Å². The number of aliphatic hydroxyl groups excluding tert-OH is 1. The van der Waals surface area contributed by atoms with Crippen LogP contribution in [-0.2, 0) is 19.7 Å². The van der Waals surface area contributed by atoms with E-state index in [4.69, 9.17) is 15.9 Å². The zero-order valence-electron chi connectivity index (χ0n) is 18.8. The lowest BCUT2D eigenvalue weighted by atomic mass is 9.85. The van der Waals surface area contributed by atoms with Crippen LogP contribution in [0.5, 0.6) is 0 Å². The third-order valence-electron chi connectivity index (χ3n) is 5.48. The number of anilines is 2. The van der Waals surface area contributed by atoms with Gasteiger partial charge in [0.2, 0.25) is 0 Å². The maximum absolute atomic E-state index is 13.2. The predicted molar refractivity (Wildman–Crippen MR) is 124 cm³/mol. The van der Waals surface area contributed by atoms with Crippen molar-refractivity contribution in [1.82, 2.24) is 0 Å². The van der Waals surface area contributed by atoms with E-state index in [1.807, 2.05) is 24.3 Å². The first-order chi connectivity index (χ1) is 15.0. The second kappa shape index (κ2) is 9.10. The molecule has 2 aromatic carbocycles. The highest BCUT2D eigenvalue weighted by Crippen LogP contribution is 2.33. The van der Waals surface area contributed by atoms with Gasteiger partial charge >= 0.3 is 0 Å². The summed E-state index contributed by atoms with van der Waals surface area (Å²) in [6, 6.07) is 12.5. The van der Waals surface area contributed by atoms with Gasteiger partial charge in [0.1, 0.15) is 5.84 Å². The average molecular weight is 439 g/mol. The summed E-state index contributed by atoms with van der Waals surface area (Å²) in [5.41, 5.74) is 8.71. The van der Waals surface area contributed by atoms with Crippen LogP contribution in [0.25, 0.3) is 0 Å². The predicted octanol–water partition coefficient (Wildman–Crippen LogP) is 2.31. The number of hydrogen-bond acceptors (Lipinski definition) is 5. The Hall–Kier alpha value is -3.23. The van der Waals surface area contributed by atoms with Crippen molar-refractivity contribution in [3.05, 3.63) is 59.2 Å². The summed E-state index contributed by atoms with van der Waals surface area (Å²) in [6.45, 7) is 8.48. The van der Waals surface area contributed by atoms with E-state index in [-0.39, 0.29) is 17.9 Å². The first-order valence-corrected chi connectivity index (χ1v) is 10.5. The standard InChI is InChI=1S/C24H30N4O4/c1-14-13-15(21(25)26)9-10-17(14)27-22(30)19(29)20-23(31)28(11-12-32-20)18-8-6-5-7-16(18)24(2,3)4/h5-10,13,19-20,29H,11-12H2,1-4H3,(H3,25,26)(H,27,30)/t19-,20-/m1/s1. The molecule has 1 aliphatic heterocycles. The Bertz CT molecular complexity index is 1040. The average Bonchev–Trinajstić information content (AvgIpc) is 2.74. The highest BCUT2D eigenvalue weighted by Gasteiger charge is 2.40. The minimum absolute atomic E-state index is 0.0807. The zero-order valence-corrected chi connectivity index (χ0v) is 18.8. The molecule has 0 saturated carbocycles. The van der Waals surface area contributed by atoms with Gasteiger partial charge in [-0.15, -0.1) is 0 Å². The van der Waals surface area contributed by atoms with Crippen molar-refractivity contribution in [2.75, 3.05) is 23.4 Å². The zero-order chi connectivity index (χ0) is 23.6. The molecule has 1 aliphatic rings. The van der Waals surface area contributed by atoms with Crippen molar-refractivity contribution in [2.45, 2.75) is 45.3 Å². The molecule has 0 unspecified atom stereocenters. The van der Waals surface area contributed by atoms with Gasteiger partial charge in [-0.1, -0.05) is 39.0 Å². The van der Waals surface area contributed by atoms with Gasteiger partial charge in [0.05, 0.1) is 6.61 Å². The van der Waals surface area contributed by atoms with Crippen molar-refractivity contribution in [2.24, 2.45) is 5.73 Å². The number of carbonyl (C=O) groups is 2. The molecule has 32 heavy (non-hydrogen) atoms. The molecule has 0 bridgehead atoms. The number of amides is 2. The van der Waals surface area contributed by atoms with E-state index in [2.05, 4.69) is 26.1 Å². The molecule has 1 heterocycles. The van der Waals surface area contributed by atoms with Crippen LogP contribution < -0.4 is 16.0 Å². The molecule has 170 valence electrons. The minimum atomic E-state index is -1.68. The molecule has 8 heteroatoms. The van der Waals surface area contributed by atoms with Crippen molar-refractivity contribution >= 4 is 29.0 Å². The topological polar surface area (TPSA) is 129 Å². The molecule has 2 amide bonds. The van der Waals surface area contributed by atoms with Crippen LogP contribution in [-0.4, -0.2) is 48.1 Å². The lowest BCUT2D eigenvalue weighted by Gasteiger charge is -2.36. The molecular formula is C24H30N4O4. The maximum Gasteiger partial charge on any atom is 0.259 e. The van der Waals surface area contributed by atoms with Crippen LogP contribution in [0.15, 0.2) is 42.5 Å². The molecule has 3 rings (SSSR count). The Labute approximate surface area is 187 Å². The Balaban J connectivity index is 1.79. The summed E-state index contributed by atoms with van der Waals surface area (Å²) in [4.78, 5) is 27.5. The lowest BCUT2D eigenvalue weighted by molar-refractivity contribution is -0.150. The van der Waals surface area contributed by atoms with Crippen LogP contribution in [0, 0.1) is 12.3 Å². The summed E-state index contributed by atoms with van der Waals surface area (Å²) in [7, 11) is 0. The number of ether oxygens (including phenoxy) is 1. The first-order valence-electron chi connectivity index (χ1n) is 10.5. The number of rotatable bonds is 5. The SMILES string of the molecule is Cc1cc(C(=N)N)ccc1NC(=O)[C@H](O)[C@H]1OCCN(c2ccccc2C(C)(C)C)C1=O. The van der Waals surface area contributed by atoms with Gasteiger partial charge in [0.15, 0.2) is 12.2 Å². The van der Waals surface area contributed by atoms with Gasteiger partial charge in [0, 0.05) is 23.5 Å². The first kappa shape index (κ1) is 23.4. The normalized spacial score (nSPS) is 17.7. The molecule has 0 spiro atoms. The Morgan fingerprint density at radius 1 is 1.28 bits per heavy atom. The quantitative estimate of drug-likeness (QED) is 0.421. The number of nitrogens with two attached hydrogens (primary N) is 1. The number of aryl methyl sites for hydroxylation is 1. The van der Waals surface area contributed by atoms with Gasteiger partial charge in [0.25, 0.3) is 11.8 Å². The second-order valence-electron chi connectivity index (χ2n) is 8.93. The number of nitrogens with zero attached hydrogens (tertiary/aromatic N) is 1. The molecule has 0 aromatic heterocycles. The van der Waals surface area contributed by atoms with Crippen LogP contribution >= 0.6 is 0 Å². The van der Waals surface area contributed by atoms with Crippen molar-refractivity contribution in [3.8, 4) is 0 Å². The number of benzene rings is 2. The van der Waals surface area contributed by atoms with E-state index in [0.717, 1.165) is 11.3 Å². The number of morpholine rings is 1. The van der Waals surface area contributed by atoms with Crippen LogP contribution in [0.3, 0.4) is 0 Å². The highest BCUT2D eigenvalue weighted by atomic mass is 16.5.